The van der Waals surface area contributed by atoms with Crippen molar-refractivity contribution in [1.82, 2.24) is 0 Å². The zero-order valence-corrected chi connectivity index (χ0v) is 12.3. The lowest BCUT2D eigenvalue weighted by Gasteiger charge is -2.08. The molecule has 1 aliphatic rings. The van der Waals surface area contributed by atoms with Crippen molar-refractivity contribution >= 4 is 29.2 Å². The van der Waals surface area contributed by atoms with Crippen LogP contribution in [-0.4, -0.2) is 12.8 Å². The van der Waals surface area contributed by atoms with Crippen LogP contribution in [0.25, 0.3) is 0 Å². The predicted molar refractivity (Wildman–Crippen MR) is 78.1 cm³/mol. The number of benzene rings is 2. The smallest absolute Gasteiger partial charge is 0.338 e. The van der Waals surface area contributed by atoms with Crippen molar-refractivity contribution in [2.24, 2.45) is 0 Å². The average molecular weight is 325 g/mol. The first-order valence-electron chi connectivity index (χ1n) is 6.15. The van der Waals surface area contributed by atoms with Crippen LogP contribution in [0.3, 0.4) is 0 Å². The SMILES string of the molecule is O=C(OCc1c(Cl)cccc1Cl)c1ccc2c(c1)OCO2. The van der Waals surface area contributed by atoms with Gasteiger partial charge in [0.1, 0.15) is 6.61 Å². The third-order valence-electron chi connectivity index (χ3n) is 3.02. The summed E-state index contributed by atoms with van der Waals surface area (Å²) in [6.07, 6.45) is 0. The van der Waals surface area contributed by atoms with E-state index in [9.17, 15) is 4.79 Å². The summed E-state index contributed by atoms with van der Waals surface area (Å²) in [5, 5.41) is 0.918. The first kappa shape index (κ1) is 14.0. The van der Waals surface area contributed by atoms with Crippen molar-refractivity contribution in [1.29, 1.82) is 0 Å². The number of halogens is 2. The van der Waals surface area contributed by atoms with Gasteiger partial charge in [0.25, 0.3) is 0 Å². The highest BCUT2D eigenvalue weighted by Gasteiger charge is 2.17. The van der Waals surface area contributed by atoms with E-state index in [2.05, 4.69) is 0 Å². The molecule has 21 heavy (non-hydrogen) atoms. The van der Waals surface area contributed by atoms with E-state index >= 15 is 0 Å². The molecule has 3 rings (SSSR count). The topological polar surface area (TPSA) is 44.8 Å². The number of hydrogen-bond donors (Lipinski definition) is 0. The van der Waals surface area contributed by atoms with Crippen LogP contribution in [0.5, 0.6) is 11.5 Å². The van der Waals surface area contributed by atoms with Crippen LogP contribution >= 0.6 is 23.2 Å². The molecule has 0 saturated heterocycles. The molecule has 0 N–H and O–H groups in total. The molecular weight excluding hydrogens is 315 g/mol. The maximum absolute atomic E-state index is 12.0. The molecule has 2 aromatic carbocycles. The summed E-state index contributed by atoms with van der Waals surface area (Å²) in [5.74, 6) is 0.658. The largest absolute Gasteiger partial charge is 0.457 e. The number of fused-ring (bicyclic) bond motifs is 1. The highest BCUT2D eigenvalue weighted by atomic mass is 35.5. The van der Waals surface area contributed by atoms with Crippen molar-refractivity contribution in [2.45, 2.75) is 6.61 Å². The summed E-state index contributed by atoms with van der Waals surface area (Å²) >= 11 is 12.0. The number of ether oxygens (including phenoxy) is 3. The molecule has 2 aromatic rings. The maximum Gasteiger partial charge on any atom is 0.338 e. The summed E-state index contributed by atoms with van der Waals surface area (Å²) < 4.78 is 15.6. The molecule has 0 unspecified atom stereocenters. The summed E-state index contributed by atoms with van der Waals surface area (Å²) in [4.78, 5) is 12.0. The van der Waals surface area contributed by atoms with Crippen molar-refractivity contribution in [3.8, 4) is 11.5 Å². The van der Waals surface area contributed by atoms with Gasteiger partial charge in [0.2, 0.25) is 6.79 Å². The van der Waals surface area contributed by atoms with Crippen LogP contribution in [0.15, 0.2) is 36.4 Å². The first-order chi connectivity index (χ1) is 10.1. The van der Waals surface area contributed by atoms with Crippen LogP contribution < -0.4 is 9.47 Å². The standard InChI is InChI=1S/C15H10Cl2O4/c16-11-2-1-3-12(17)10(11)7-19-15(18)9-4-5-13-14(6-9)21-8-20-13/h1-6H,7-8H2. The lowest BCUT2D eigenvalue weighted by molar-refractivity contribution is 0.0472. The molecule has 1 aliphatic heterocycles. The number of esters is 1. The minimum Gasteiger partial charge on any atom is -0.457 e. The third kappa shape index (κ3) is 2.91. The molecule has 0 atom stereocenters. The molecule has 108 valence electrons. The van der Waals surface area contributed by atoms with E-state index in [4.69, 9.17) is 37.4 Å². The minimum absolute atomic E-state index is 0.00574. The van der Waals surface area contributed by atoms with Crippen LogP contribution in [-0.2, 0) is 11.3 Å². The fraction of sp³-hybridized carbons (Fsp3) is 0.133. The molecule has 0 fully saturated rings. The van der Waals surface area contributed by atoms with E-state index in [-0.39, 0.29) is 13.4 Å². The van der Waals surface area contributed by atoms with E-state index in [1.165, 1.54) is 0 Å². The van der Waals surface area contributed by atoms with E-state index < -0.39 is 5.97 Å². The molecule has 0 saturated carbocycles. The van der Waals surface area contributed by atoms with Gasteiger partial charge in [-0.25, -0.2) is 4.79 Å². The van der Waals surface area contributed by atoms with Gasteiger partial charge in [-0.2, -0.15) is 0 Å². The molecular formula is C15H10Cl2O4. The second-order valence-electron chi connectivity index (χ2n) is 4.34. The molecule has 6 heteroatoms. The second kappa shape index (κ2) is 5.84. The molecule has 0 aliphatic carbocycles. The minimum atomic E-state index is -0.482. The van der Waals surface area contributed by atoms with E-state index in [1.54, 1.807) is 36.4 Å². The normalized spacial score (nSPS) is 12.3. The van der Waals surface area contributed by atoms with Crippen molar-refractivity contribution in [3.63, 3.8) is 0 Å². The molecule has 0 bridgehead atoms. The Labute approximate surface area is 131 Å². The number of rotatable bonds is 3. The first-order valence-corrected chi connectivity index (χ1v) is 6.90. The van der Waals surface area contributed by atoms with Gasteiger partial charge in [0, 0.05) is 15.6 Å². The number of carbonyl (C=O) groups excluding carboxylic acids is 1. The van der Waals surface area contributed by atoms with E-state index in [1.807, 2.05) is 0 Å². The van der Waals surface area contributed by atoms with Gasteiger partial charge in [-0.3, -0.25) is 0 Å². The Morgan fingerprint density at radius 1 is 1.10 bits per heavy atom. The van der Waals surface area contributed by atoms with Crippen molar-refractivity contribution < 1.29 is 19.0 Å². The monoisotopic (exact) mass is 324 g/mol. The van der Waals surface area contributed by atoms with Gasteiger partial charge in [-0.05, 0) is 30.3 Å². The van der Waals surface area contributed by atoms with Gasteiger partial charge in [-0.1, -0.05) is 29.3 Å². The summed E-state index contributed by atoms with van der Waals surface area (Å²) in [6, 6.07) is 9.98. The molecule has 1 heterocycles. The lowest BCUT2D eigenvalue weighted by Crippen LogP contribution is -2.05. The maximum atomic E-state index is 12.0. The molecule has 0 spiro atoms. The Hall–Kier alpha value is -1.91. The van der Waals surface area contributed by atoms with Crippen molar-refractivity contribution in [2.75, 3.05) is 6.79 Å². The van der Waals surface area contributed by atoms with Crippen molar-refractivity contribution in [3.05, 3.63) is 57.6 Å². The number of carbonyl (C=O) groups is 1. The van der Waals surface area contributed by atoms with Crippen LogP contribution in [0.2, 0.25) is 10.0 Å². The lowest BCUT2D eigenvalue weighted by atomic mass is 10.2. The fourth-order valence-corrected chi connectivity index (χ4v) is 2.42. The second-order valence-corrected chi connectivity index (χ2v) is 5.16. The van der Waals surface area contributed by atoms with Crippen LogP contribution in [0.1, 0.15) is 15.9 Å². The van der Waals surface area contributed by atoms with E-state index in [0.29, 0.717) is 32.7 Å². The van der Waals surface area contributed by atoms with Crippen LogP contribution in [0, 0.1) is 0 Å². The zero-order chi connectivity index (χ0) is 14.8. The van der Waals surface area contributed by atoms with Gasteiger partial charge in [0.15, 0.2) is 11.5 Å². The Balaban J connectivity index is 1.72. The third-order valence-corrected chi connectivity index (χ3v) is 3.73. The van der Waals surface area contributed by atoms with Gasteiger partial charge < -0.3 is 14.2 Å². The fourth-order valence-electron chi connectivity index (χ4n) is 1.91. The summed E-state index contributed by atoms with van der Waals surface area (Å²) in [7, 11) is 0. The van der Waals surface area contributed by atoms with Gasteiger partial charge >= 0.3 is 5.97 Å². The average Bonchev–Trinajstić information content (AvgIpc) is 2.93. The highest BCUT2D eigenvalue weighted by molar-refractivity contribution is 6.35. The highest BCUT2D eigenvalue weighted by Crippen LogP contribution is 2.33. The summed E-state index contributed by atoms with van der Waals surface area (Å²) in [6.45, 7) is 0.162. The van der Waals surface area contributed by atoms with Gasteiger partial charge in [-0.15, -0.1) is 0 Å². The number of hydrogen-bond acceptors (Lipinski definition) is 4. The Bertz CT molecular complexity index is 680. The molecule has 0 aromatic heterocycles. The van der Waals surface area contributed by atoms with Crippen LogP contribution in [0.4, 0.5) is 0 Å². The molecule has 0 amide bonds. The Morgan fingerprint density at radius 3 is 2.57 bits per heavy atom. The molecule has 0 radical (unpaired) electrons. The van der Waals surface area contributed by atoms with E-state index in [0.717, 1.165) is 0 Å². The summed E-state index contributed by atoms with van der Waals surface area (Å²) in [5.41, 5.74) is 0.956. The Morgan fingerprint density at radius 2 is 1.81 bits per heavy atom. The van der Waals surface area contributed by atoms with Gasteiger partial charge in [0.05, 0.1) is 5.56 Å². The predicted octanol–water partition coefficient (Wildman–Crippen LogP) is 4.08. The quantitative estimate of drug-likeness (QED) is 0.798. The zero-order valence-electron chi connectivity index (χ0n) is 10.8. The molecule has 4 nitrogen and oxygen atoms in total. The Kier molecular flexibility index (Phi) is 3.90.